The van der Waals surface area contributed by atoms with E-state index in [4.69, 9.17) is 0 Å². The predicted molar refractivity (Wildman–Crippen MR) is 75.4 cm³/mol. The van der Waals surface area contributed by atoms with Crippen LogP contribution in [-0.2, 0) is 14.8 Å². The Bertz CT molecular complexity index is 900. The first-order valence-corrected chi connectivity index (χ1v) is 8.21. The van der Waals surface area contributed by atoms with Crippen LogP contribution in [0.15, 0.2) is 41.3 Å². The number of carbonyl (C=O) groups is 1. The second-order valence-corrected chi connectivity index (χ2v) is 6.66. The maximum absolute atomic E-state index is 13.7. The van der Waals surface area contributed by atoms with Crippen molar-refractivity contribution < 1.29 is 35.9 Å². The molecule has 2 rings (SSSR count). The average molecular weight is 376 g/mol. The summed E-state index contributed by atoms with van der Waals surface area (Å²) in [4.78, 5) is 9.64. The number of sulfonamides is 1. The van der Waals surface area contributed by atoms with Gasteiger partial charge in [-0.15, -0.1) is 0 Å². The number of carbonyl (C=O) groups excluding carboxylic acids is 1. The molecule has 1 atom stereocenters. The fourth-order valence-corrected chi connectivity index (χ4v) is 3.35. The van der Waals surface area contributed by atoms with Gasteiger partial charge in [0.05, 0.1) is 6.04 Å². The summed E-state index contributed by atoms with van der Waals surface area (Å²) in [5, 5.41) is 10.8. The zero-order valence-corrected chi connectivity index (χ0v) is 13.1. The van der Waals surface area contributed by atoms with E-state index in [2.05, 4.69) is 0 Å². The van der Waals surface area contributed by atoms with Gasteiger partial charge in [-0.2, -0.15) is 0 Å². The molecule has 0 spiro atoms. The summed E-state index contributed by atoms with van der Waals surface area (Å²) >= 11 is 0. The van der Waals surface area contributed by atoms with Crippen LogP contribution in [-0.4, -0.2) is 14.4 Å². The number of hydrogen-bond donors (Lipinski definition) is 1. The molecule has 0 fully saturated rings. The van der Waals surface area contributed by atoms with Crippen molar-refractivity contribution in [3.05, 3.63) is 65.2 Å². The van der Waals surface area contributed by atoms with Crippen molar-refractivity contribution in [3.63, 3.8) is 0 Å². The molecular formula is C15H10F4NO4S-. The van der Waals surface area contributed by atoms with E-state index in [1.165, 1.54) is 0 Å². The number of carboxylic acids is 1. The molecular weight excluding hydrogens is 366 g/mol. The van der Waals surface area contributed by atoms with Gasteiger partial charge in [-0.25, -0.2) is 30.7 Å². The maximum Gasteiger partial charge on any atom is 0.244 e. The largest absolute Gasteiger partial charge is 0.550 e. The van der Waals surface area contributed by atoms with Crippen molar-refractivity contribution in [3.8, 4) is 0 Å². The summed E-state index contributed by atoms with van der Waals surface area (Å²) < 4.78 is 79.2. The Morgan fingerprint density at radius 1 is 1.00 bits per heavy atom. The lowest BCUT2D eigenvalue weighted by atomic mass is 10.1. The number of benzene rings is 2. The molecule has 0 saturated carbocycles. The minimum atomic E-state index is -4.75. The van der Waals surface area contributed by atoms with Crippen LogP contribution < -0.4 is 9.83 Å². The first kappa shape index (κ1) is 18.9. The highest BCUT2D eigenvalue weighted by atomic mass is 32.2. The number of nitrogens with one attached hydrogen (secondary N) is 1. The third kappa shape index (κ3) is 4.34. The van der Waals surface area contributed by atoms with Crippen molar-refractivity contribution >= 4 is 16.0 Å². The molecule has 0 saturated heterocycles. The second-order valence-electron chi connectivity index (χ2n) is 4.98. The molecule has 0 amide bonds. The third-order valence-corrected chi connectivity index (χ3v) is 4.72. The van der Waals surface area contributed by atoms with Gasteiger partial charge in [0.1, 0.15) is 10.7 Å². The second kappa shape index (κ2) is 7.19. The Morgan fingerprint density at radius 3 is 2.16 bits per heavy atom. The first-order chi connectivity index (χ1) is 11.6. The van der Waals surface area contributed by atoms with E-state index < -0.39 is 56.6 Å². The minimum Gasteiger partial charge on any atom is -0.550 e. The summed E-state index contributed by atoms with van der Waals surface area (Å²) in [5.41, 5.74) is 0.0529. The van der Waals surface area contributed by atoms with Gasteiger partial charge < -0.3 is 9.90 Å². The SMILES string of the molecule is O=C([O-])C[C@H](NS(=O)(=O)c1ccc(F)c(F)c1F)c1ccc(F)cc1. The normalized spacial score (nSPS) is 12.8. The summed E-state index contributed by atoms with van der Waals surface area (Å²) in [7, 11) is -4.75. The van der Waals surface area contributed by atoms with E-state index in [-0.39, 0.29) is 5.56 Å². The third-order valence-electron chi connectivity index (χ3n) is 3.23. The topological polar surface area (TPSA) is 86.3 Å². The van der Waals surface area contributed by atoms with E-state index in [1.807, 2.05) is 4.72 Å². The lowest BCUT2D eigenvalue weighted by Crippen LogP contribution is -2.34. The van der Waals surface area contributed by atoms with Crippen LogP contribution in [0.5, 0.6) is 0 Å². The van der Waals surface area contributed by atoms with Crippen molar-refractivity contribution in [2.75, 3.05) is 0 Å². The monoisotopic (exact) mass is 376 g/mol. The molecule has 2 aromatic carbocycles. The molecule has 10 heteroatoms. The first-order valence-electron chi connectivity index (χ1n) is 6.73. The van der Waals surface area contributed by atoms with Gasteiger partial charge in [0.2, 0.25) is 10.0 Å². The van der Waals surface area contributed by atoms with E-state index in [1.54, 1.807) is 0 Å². The molecule has 0 unspecified atom stereocenters. The Morgan fingerprint density at radius 2 is 1.60 bits per heavy atom. The molecule has 0 aliphatic rings. The van der Waals surface area contributed by atoms with Crippen LogP contribution >= 0.6 is 0 Å². The molecule has 2 aromatic rings. The van der Waals surface area contributed by atoms with Crippen molar-refractivity contribution in [2.45, 2.75) is 17.4 Å². The standard InChI is InChI=1S/C15H11F4NO4S/c16-9-3-1-8(2-4-9)11(7-13(21)22)20-25(23,24)12-6-5-10(17)14(18)15(12)19/h1-6,11,20H,7H2,(H,21,22)/p-1/t11-/m0/s1. The minimum absolute atomic E-state index is 0.0529. The van der Waals surface area contributed by atoms with E-state index in [0.717, 1.165) is 24.3 Å². The number of halogens is 4. The lowest BCUT2D eigenvalue weighted by molar-refractivity contribution is -0.306. The summed E-state index contributed by atoms with van der Waals surface area (Å²) in [6.07, 6.45) is -0.851. The molecule has 0 aliphatic carbocycles. The van der Waals surface area contributed by atoms with Crippen LogP contribution in [0, 0.1) is 23.3 Å². The van der Waals surface area contributed by atoms with Crippen LogP contribution in [0.4, 0.5) is 17.6 Å². The fraction of sp³-hybridized carbons (Fsp3) is 0.133. The van der Waals surface area contributed by atoms with Gasteiger partial charge in [0.25, 0.3) is 0 Å². The molecule has 5 nitrogen and oxygen atoms in total. The van der Waals surface area contributed by atoms with Gasteiger partial charge in [0.15, 0.2) is 17.5 Å². The highest BCUT2D eigenvalue weighted by Gasteiger charge is 2.27. The van der Waals surface area contributed by atoms with Crippen LogP contribution in [0.2, 0.25) is 0 Å². The van der Waals surface area contributed by atoms with E-state index in [9.17, 15) is 35.9 Å². The Hall–Kier alpha value is -2.46. The number of carboxylic acid groups (broad SMARTS) is 1. The molecule has 0 bridgehead atoms. The fourth-order valence-electron chi connectivity index (χ4n) is 2.06. The van der Waals surface area contributed by atoms with E-state index >= 15 is 0 Å². The molecule has 0 aliphatic heterocycles. The predicted octanol–water partition coefficient (Wildman–Crippen LogP) is 1.40. The molecule has 134 valence electrons. The van der Waals surface area contributed by atoms with Gasteiger partial charge in [-0.1, -0.05) is 12.1 Å². The Kier molecular flexibility index (Phi) is 5.43. The molecule has 25 heavy (non-hydrogen) atoms. The smallest absolute Gasteiger partial charge is 0.244 e. The van der Waals surface area contributed by atoms with Gasteiger partial charge in [-0.05, 0) is 29.8 Å². The summed E-state index contributed by atoms with van der Waals surface area (Å²) in [6.45, 7) is 0. The van der Waals surface area contributed by atoms with Crippen molar-refractivity contribution in [1.29, 1.82) is 0 Å². The van der Waals surface area contributed by atoms with Crippen LogP contribution in [0.25, 0.3) is 0 Å². The van der Waals surface area contributed by atoms with E-state index in [0.29, 0.717) is 12.1 Å². The highest BCUT2D eigenvalue weighted by molar-refractivity contribution is 7.89. The number of rotatable bonds is 6. The quantitative estimate of drug-likeness (QED) is 0.610. The molecule has 0 heterocycles. The van der Waals surface area contributed by atoms with Gasteiger partial charge in [-0.3, -0.25) is 0 Å². The van der Waals surface area contributed by atoms with Crippen molar-refractivity contribution in [1.82, 2.24) is 4.72 Å². The van der Waals surface area contributed by atoms with Crippen LogP contribution in [0.3, 0.4) is 0 Å². The van der Waals surface area contributed by atoms with Gasteiger partial charge >= 0.3 is 0 Å². The van der Waals surface area contributed by atoms with Crippen molar-refractivity contribution in [2.24, 2.45) is 0 Å². The van der Waals surface area contributed by atoms with Gasteiger partial charge in [0, 0.05) is 12.4 Å². The highest BCUT2D eigenvalue weighted by Crippen LogP contribution is 2.24. The average Bonchev–Trinajstić information content (AvgIpc) is 2.51. The zero-order chi connectivity index (χ0) is 18.8. The Labute approximate surface area is 140 Å². The number of hydrogen-bond acceptors (Lipinski definition) is 4. The molecule has 1 N–H and O–H groups in total. The van der Waals surface area contributed by atoms with Crippen LogP contribution in [0.1, 0.15) is 18.0 Å². The molecule has 0 aromatic heterocycles. The molecule has 0 radical (unpaired) electrons. The lowest BCUT2D eigenvalue weighted by Gasteiger charge is -2.20. The maximum atomic E-state index is 13.7. The summed E-state index contributed by atoms with van der Waals surface area (Å²) in [5.74, 6) is -7.80. The number of aliphatic carboxylic acids is 1. The Balaban J connectivity index is 2.42. The zero-order valence-electron chi connectivity index (χ0n) is 12.3. The summed E-state index contributed by atoms with van der Waals surface area (Å²) in [6, 6.07) is 3.63.